The minimum Gasteiger partial charge on any atom is -0.383 e. The van der Waals surface area contributed by atoms with E-state index >= 15 is 0 Å². The van der Waals surface area contributed by atoms with E-state index in [9.17, 15) is 0 Å². The summed E-state index contributed by atoms with van der Waals surface area (Å²) in [4.78, 5) is 2.74. The average molecular weight is 284 g/mol. The monoisotopic (exact) mass is 284 g/mol. The molecule has 0 heterocycles. The fraction of sp³-hybridized carbons (Fsp3) is 1.00. The summed E-state index contributed by atoms with van der Waals surface area (Å²) in [7, 11) is 3.95. The summed E-state index contributed by atoms with van der Waals surface area (Å²) in [6.07, 6.45) is 7.87. The molecule has 0 bridgehead atoms. The topological polar surface area (TPSA) is 24.5 Å². The van der Waals surface area contributed by atoms with Crippen LogP contribution in [0.2, 0.25) is 0 Å². The first-order valence-electron chi connectivity index (χ1n) is 8.63. The van der Waals surface area contributed by atoms with Crippen molar-refractivity contribution in [3.05, 3.63) is 0 Å². The van der Waals surface area contributed by atoms with E-state index in [1.165, 1.54) is 38.5 Å². The summed E-state index contributed by atoms with van der Waals surface area (Å²) in [5, 5.41) is 3.58. The van der Waals surface area contributed by atoms with Crippen molar-refractivity contribution < 1.29 is 4.74 Å². The van der Waals surface area contributed by atoms with Gasteiger partial charge in [0.1, 0.15) is 0 Å². The number of methoxy groups -OCH3 is 1. The van der Waals surface area contributed by atoms with Crippen LogP contribution in [0, 0.1) is 5.92 Å². The zero-order valence-corrected chi connectivity index (χ0v) is 14.3. The van der Waals surface area contributed by atoms with E-state index in [-0.39, 0.29) is 0 Å². The summed E-state index contributed by atoms with van der Waals surface area (Å²) in [5.74, 6) is 0.906. The molecule has 0 saturated heterocycles. The number of ether oxygens (including phenoxy) is 1. The number of hydrogen-bond donors (Lipinski definition) is 1. The second kappa shape index (κ2) is 9.75. The minimum absolute atomic E-state index is 0.648. The van der Waals surface area contributed by atoms with E-state index in [1.807, 2.05) is 7.11 Å². The molecular weight excluding hydrogens is 248 g/mol. The van der Waals surface area contributed by atoms with Gasteiger partial charge in [-0.25, -0.2) is 0 Å². The second-order valence-electron chi connectivity index (χ2n) is 6.25. The van der Waals surface area contributed by atoms with Gasteiger partial charge >= 0.3 is 0 Å². The fourth-order valence-corrected chi connectivity index (χ4v) is 3.88. The van der Waals surface area contributed by atoms with Crippen LogP contribution >= 0.6 is 0 Å². The molecule has 20 heavy (non-hydrogen) atoms. The van der Waals surface area contributed by atoms with E-state index < -0.39 is 0 Å². The summed E-state index contributed by atoms with van der Waals surface area (Å²) < 4.78 is 5.36. The molecule has 1 saturated carbocycles. The minimum atomic E-state index is 0.648. The molecule has 1 aliphatic carbocycles. The third-order valence-corrected chi connectivity index (χ3v) is 5.26. The molecule has 0 amide bonds. The van der Waals surface area contributed by atoms with Gasteiger partial charge in [-0.2, -0.15) is 0 Å². The largest absolute Gasteiger partial charge is 0.383 e. The highest BCUT2D eigenvalue weighted by molar-refractivity contribution is 4.92. The van der Waals surface area contributed by atoms with Crippen molar-refractivity contribution in [1.82, 2.24) is 10.2 Å². The lowest BCUT2D eigenvalue weighted by molar-refractivity contribution is 0.0345. The Labute approximate surface area is 126 Å². The van der Waals surface area contributed by atoms with Gasteiger partial charge in [-0.05, 0) is 45.1 Å². The normalized spacial score (nSPS) is 27.4. The Balaban J connectivity index is 2.82. The molecule has 3 heteroatoms. The molecule has 1 fully saturated rings. The summed E-state index contributed by atoms with van der Waals surface area (Å²) in [6, 6.07) is 2.02. The van der Waals surface area contributed by atoms with Crippen LogP contribution in [0.15, 0.2) is 0 Å². The highest BCUT2D eigenvalue weighted by Crippen LogP contribution is 2.31. The van der Waals surface area contributed by atoms with Gasteiger partial charge in [0, 0.05) is 31.8 Å². The molecule has 3 nitrogen and oxygen atoms in total. The standard InChI is InChI=1S/C17H36N2O/c1-6-14-9-10-16(18-4)17(13-14)19(11-12-20-5)15(7-2)8-3/h14-18H,6-13H2,1-5H3. The quantitative estimate of drug-likeness (QED) is 0.703. The van der Waals surface area contributed by atoms with Gasteiger partial charge in [-0.1, -0.05) is 27.2 Å². The van der Waals surface area contributed by atoms with Crippen LogP contribution < -0.4 is 5.32 Å². The number of likely N-dealkylation sites (N-methyl/N-ethyl adjacent to an activating group) is 1. The Kier molecular flexibility index (Phi) is 8.74. The van der Waals surface area contributed by atoms with E-state index in [0.29, 0.717) is 18.1 Å². The zero-order chi connectivity index (χ0) is 15.0. The second-order valence-corrected chi connectivity index (χ2v) is 6.25. The Morgan fingerprint density at radius 3 is 2.40 bits per heavy atom. The van der Waals surface area contributed by atoms with Crippen LogP contribution in [0.5, 0.6) is 0 Å². The van der Waals surface area contributed by atoms with Crippen molar-refractivity contribution in [3.63, 3.8) is 0 Å². The molecule has 1 N–H and O–H groups in total. The number of rotatable bonds is 9. The van der Waals surface area contributed by atoms with Crippen molar-refractivity contribution in [1.29, 1.82) is 0 Å². The molecule has 0 aromatic rings. The first-order valence-corrected chi connectivity index (χ1v) is 8.63. The number of nitrogens with one attached hydrogen (secondary N) is 1. The summed E-state index contributed by atoms with van der Waals surface area (Å²) in [6.45, 7) is 8.91. The van der Waals surface area contributed by atoms with Crippen molar-refractivity contribution in [3.8, 4) is 0 Å². The van der Waals surface area contributed by atoms with Crippen molar-refractivity contribution in [2.24, 2.45) is 5.92 Å². The Hall–Kier alpha value is -0.120. The van der Waals surface area contributed by atoms with Gasteiger partial charge in [0.2, 0.25) is 0 Å². The maximum Gasteiger partial charge on any atom is 0.0589 e. The lowest BCUT2D eigenvalue weighted by Gasteiger charge is -2.46. The van der Waals surface area contributed by atoms with Gasteiger partial charge in [-0.15, -0.1) is 0 Å². The third kappa shape index (κ3) is 4.71. The Morgan fingerprint density at radius 2 is 1.90 bits per heavy atom. The van der Waals surface area contributed by atoms with Gasteiger partial charge < -0.3 is 10.1 Å². The lowest BCUT2D eigenvalue weighted by atomic mass is 9.79. The number of hydrogen-bond acceptors (Lipinski definition) is 3. The molecule has 0 aromatic carbocycles. The van der Waals surface area contributed by atoms with E-state index in [1.54, 1.807) is 0 Å². The lowest BCUT2D eigenvalue weighted by Crippen LogP contribution is -2.56. The molecule has 0 aliphatic heterocycles. The molecule has 3 unspecified atom stereocenters. The smallest absolute Gasteiger partial charge is 0.0589 e. The maximum atomic E-state index is 5.36. The molecule has 0 radical (unpaired) electrons. The predicted molar refractivity (Wildman–Crippen MR) is 87.2 cm³/mol. The van der Waals surface area contributed by atoms with Crippen LogP contribution in [-0.4, -0.2) is 50.3 Å². The Morgan fingerprint density at radius 1 is 1.20 bits per heavy atom. The first-order chi connectivity index (χ1) is 9.71. The van der Waals surface area contributed by atoms with Gasteiger partial charge in [0.05, 0.1) is 6.61 Å². The van der Waals surface area contributed by atoms with E-state index in [0.717, 1.165) is 19.1 Å². The van der Waals surface area contributed by atoms with Crippen LogP contribution in [0.1, 0.15) is 59.3 Å². The zero-order valence-electron chi connectivity index (χ0n) is 14.3. The molecule has 1 aliphatic rings. The summed E-state index contributed by atoms with van der Waals surface area (Å²) >= 11 is 0. The van der Waals surface area contributed by atoms with E-state index in [4.69, 9.17) is 4.74 Å². The van der Waals surface area contributed by atoms with Crippen LogP contribution in [0.25, 0.3) is 0 Å². The fourth-order valence-electron chi connectivity index (χ4n) is 3.88. The molecule has 120 valence electrons. The van der Waals surface area contributed by atoms with Gasteiger partial charge in [0.15, 0.2) is 0 Å². The molecular formula is C17H36N2O. The molecule has 1 rings (SSSR count). The van der Waals surface area contributed by atoms with E-state index in [2.05, 4.69) is 38.0 Å². The SMILES string of the molecule is CCC1CCC(NC)C(N(CCOC)C(CC)CC)C1. The third-order valence-electron chi connectivity index (χ3n) is 5.26. The molecule has 3 atom stereocenters. The molecule has 0 spiro atoms. The van der Waals surface area contributed by atoms with Gasteiger partial charge in [-0.3, -0.25) is 4.90 Å². The highest BCUT2D eigenvalue weighted by atomic mass is 16.5. The average Bonchev–Trinajstić information content (AvgIpc) is 2.50. The van der Waals surface area contributed by atoms with Crippen molar-refractivity contribution in [2.75, 3.05) is 27.3 Å². The maximum absolute atomic E-state index is 5.36. The van der Waals surface area contributed by atoms with Crippen LogP contribution in [-0.2, 0) is 4.74 Å². The van der Waals surface area contributed by atoms with Crippen LogP contribution in [0.4, 0.5) is 0 Å². The van der Waals surface area contributed by atoms with Crippen LogP contribution in [0.3, 0.4) is 0 Å². The highest BCUT2D eigenvalue weighted by Gasteiger charge is 2.35. The van der Waals surface area contributed by atoms with Crippen molar-refractivity contribution in [2.45, 2.75) is 77.4 Å². The predicted octanol–water partition coefficient (Wildman–Crippen LogP) is 3.29. The van der Waals surface area contributed by atoms with Gasteiger partial charge in [0.25, 0.3) is 0 Å². The van der Waals surface area contributed by atoms with Crippen molar-refractivity contribution >= 4 is 0 Å². The first kappa shape index (κ1) is 17.9. The summed E-state index contributed by atoms with van der Waals surface area (Å²) in [5.41, 5.74) is 0. The number of nitrogens with zero attached hydrogens (tertiary/aromatic N) is 1. The Bertz CT molecular complexity index is 236. The molecule has 0 aromatic heterocycles.